The van der Waals surface area contributed by atoms with Gasteiger partial charge in [0.1, 0.15) is 0 Å². The monoisotopic (exact) mass is 389 g/mol. The van der Waals surface area contributed by atoms with Crippen molar-refractivity contribution >= 4 is 12.2 Å². The first-order valence-corrected chi connectivity index (χ1v) is 10.7. The molecule has 0 aliphatic carbocycles. The van der Waals surface area contributed by atoms with Crippen LogP contribution in [0.1, 0.15) is 38.5 Å². The summed E-state index contributed by atoms with van der Waals surface area (Å²) in [6, 6.07) is 3.81. The van der Waals surface area contributed by atoms with Crippen LogP contribution in [0.15, 0.2) is 22.8 Å². The maximum absolute atomic E-state index is 5.59. The molecule has 2 aromatic heterocycles. The SMILES string of the molecule is Cn1c(-c2ccco2)nn(CN2CCC(CN3CCCCCC3)CC2)c1=S. The number of furan rings is 1. The van der Waals surface area contributed by atoms with E-state index in [0.717, 1.165) is 42.0 Å². The predicted octanol–water partition coefficient (Wildman–Crippen LogP) is 3.76. The number of nitrogens with zero attached hydrogens (tertiary/aromatic N) is 5. The van der Waals surface area contributed by atoms with E-state index in [4.69, 9.17) is 21.7 Å². The zero-order chi connectivity index (χ0) is 18.6. The molecule has 0 radical (unpaired) electrons. The van der Waals surface area contributed by atoms with Crippen molar-refractivity contribution < 1.29 is 4.42 Å². The second kappa shape index (κ2) is 8.71. The zero-order valence-corrected chi connectivity index (χ0v) is 17.2. The summed E-state index contributed by atoms with van der Waals surface area (Å²) in [6.07, 6.45) is 9.83. The van der Waals surface area contributed by atoms with Gasteiger partial charge in [0.2, 0.25) is 0 Å². The average Bonchev–Trinajstić information content (AvgIpc) is 3.21. The Hall–Kier alpha value is -1.44. The maximum atomic E-state index is 5.59. The zero-order valence-electron chi connectivity index (χ0n) is 16.3. The summed E-state index contributed by atoms with van der Waals surface area (Å²) in [5.74, 6) is 2.40. The molecule has 27 heavy (non-hydrogen) atoms. The van der Waals surface area contributed by atoms with Crippen LogP contribution in [0.25, 0.3) is 11.6 Å². The van der Waals surface area contributed by atoms with Gasteiger partial charge in [-0.25, -0.2) is 4.68 Å². The Morgan fingerprint density at radius 1 is 1.07 bits per heavy atom. The van der Waals surface area contributed by atoms with Crippen molar-refractivity contribution in [3.05, 3.63) is 23.2 Å². The van der Waals surface area contributed by atoms with Crippen molar-refractivity contribution in [2.24, 2.45) is 13.0 Å². The summed E-state index contributed by atoms with van der Waals surface area (Å²) in [6.45, 7) is 6.93. The Kier molecular flexibility index (Phi) is 6.10. The van der Waals surface area contributed by atoms with E-state index in [1.807, 2.05) is 28.4 Å². The lowest BCUT2D eigenvalue weighted by atomic mass is 9.96. The molecule has 0 atom stereocenters. The third-order valence-electron chi connectivity index (χ3n) is 6.04. The van der Waals surface area contributed by atoms with Gasteiger partial charge < -0.3 is 13.9 Å². The summed E-state index contributed by atoms with van der Waals surface area (Å²) in [7, 11) is 1.96. The van der Waals surface area contributed by atoms with Crippen LogP contribution < -0.4 is 0 Å². The van der Waals surface area contributed by atoms with Crippen LogP contribution in [-0.4, -0.2) is 56.9 Å². The van der Waals surface area contributed by atoms with E-state index in [0.29, 0.717) is 0 Å². The van der Waals surface area contributed by atoms with E-state index in [1.165, 1.54) is 58.2 Å². The van der Waals surface area contributed by atoms with Crippen LogP contribution in [-0.2, 0) is 13.7 Å². The highest BCUT2D eigenvalue weighted by Crippen LogP contribution is 2.22. The molecule has 0 unspecified atom stereocenters. The van der Waals surface area contributed by atoms with Gasteiger partial charge in [0, 0.05) is 26.7 Å². The van der Waals surface area contributed by atoms with E-state index in [9.17, 15) is 0 Å². The number of piperidine rings is 1. The first kappa shape index (κ1) is 18.9. The Morgan fingerprint density at radius 3 is 2.48 bits per heavy atom. The van der Waals surface area contributed by atoms with Crippen molar-refractivity contribution in [2.75, 3.05) is 32.7 Å². The quantitative estimate of drug-likeness (QED) is 0.729. The molecule has 0 saturated carbocycles. The van der Waals surface area contributed by atoms with Crippen LogP contribution in [0.2, 0.25) is 0 Å². The van der Waals surface area contributed by atoms with Gasteiger partial charge in [-0.15, -0.1) is 5.10 Å². The van der Waals surface area contributed by atoms with E-state index in [1.54, 1.807) is 6.26 Å². The summed E-state index contributed by atoms with van der Waals surface area (Å²) in [4.78, 5) is 5.19. The van der Waals surface area contributed by atoms with Crippen molar-refractivity contribution in [1.82, 2.24) is 24.1 Å². The van der Waals surface area contributed by atoms with Crippen LogP contribution >= 0.6 is 12.2 Å². The molecule has 4 rings (SSSR count). The highest BCUT2D eigenvalue weighted by molar-refractivity contribution is 7.71. The molecule has 4 heterocycles. The minimum atomic E-state index is 0.744. The second-order valence-corrected chi connectivity index (χ2v) is 8.42. The van der Waals surface area contributed by atoms with Crippen LogP contribution in [0.5, 0.6) is 0 Å². The largest absolute Gasteiger partial charge is 0.461 e. The predicted molar refractivity (Wildman–Crippen MR) is 109 cm³/mol. The molecule has 6 nitrogen and oxygen atoms in total. The van der Waals surface area contributed by atoms with Crippen LogP contribution in [0.3, 0.4) is 0 Å². The van der Waals surface area contributed by atoms with Crippen molar-refractivity contribution in [2.45, 2.75) is 45.2 Å². The van der Waals surface area contributed by atoms with Gasteiger partial charge in [-0.05, 0) is 69.0 Å². The molecule has 0 N–H and O–H groups in total. The minimum absolute atomic E-state index is 0.744. The molecule has 0 amide bonds. The molecular weight excluding hydrogens is 358 g/mol. The van der Waals surface area contributed by atoms with E-state index in [-0.39, 0.29) is 0 Å². The first-order chi connectivity index (χ1) is 13.2. The Bertz CT molecular complexity index is 765. The third kappa shape index (κ3) is 4.52. The molecule has 2 aliphatic rings. The Morgan fingerprint density at radius 2 is 1.81 bits per heavy atom. The van der Waals surface area contributed by atoms with E-state index in [2.05, 4.69) is 9.80 Å². The minimum Gasteiger partial charge on any atom is -0.461 e. The molecule has 0 aromatic carbocycles. The summed E-state index contributed by atoms with van der Waals surface area (Å²) < 4.78 is 10.1. The average molecular weight is 390 g/mol. The number of likely N-dealkylation sites (tertiary alicyclic amines) is 2. The topological polar surface area (TPSA) is 42.4 Å². The first-order valence-electron chi connectivity index (χ1n) is 10.3. The van der Waals surface area contributed by atoms with Gasteiger partial charge in [0.05, 0.1) is 12.9 Å². The molecule has 7 heteroatoms. The number of rotatable bonds is 5. The highest BCUT2D eigenvalue weighted by Gasteiger charge is 2.23. The van der Waals surface area contributed by atoms with E-state index >= 15 is 0 Å². The van der Waals surface area contributed by atoms with Gasteiger partial charge in [0.15, 0.2) is 16.4 Å². The molecule has 0 spiro atoms. The smallest absolute Gasteiger partial charge is 0.199 e. The Balaban J connectivity index is 1.32. The fraction of sp³-hybridized carbons (Fsp3) is 0.700. The summed E-state index contributed by atoms with van der Waals surface area (Å²) in [5, 5.41) is 4.70. The van der Waals surface area contributed by atoms with Crippen LogP contribution in [0, 0.1) is 10.7 Å². The molecule has 2 saturated heterocycles. The van der Waals surface area contributed by atoms with Gasteiger partial charge in [-0.2, -0.15) is 0 Å². The Labute approximate surface area is 166 Å². The van der Waals surface area contributed by atoms with Crippen molar-refractivity contribution in [1.29, 1.82) is 0 Å². The summed E-state index contributed by atoms with van der Waals surface area (Å²) >= 11 is 5.59. The fourth-order valence-corrected chi connectivity index (χ4v) is 4.57. The lowest BCUT2D eigenvalue weighted by molar-refractivity contribution is 0.116. The lowest BCUT2D eigenvalue weighted by Gasteiger charge is -2.34. The molecule has 2 fully saturated rings. The number of hydrogen-bond donors (Lipinski definition) is 0. The molecule has 148 valence electrons. The molecule has 2 aliphatic heterocycles. The van der Waals surface area contributed by atoms with Crippen molar-refractivity contribution in [3.8, 4) is 11.6 Å². The van der Waals surface area contributed by atoms with Crippen molar-refractivity contribution in [3.63, 3.8) is 0 Å². The molecule has 0 bridgehead atoms. The maximum Gasteiger partial charge on any atom is 0.199 e. The molecule has 2 aromatic rings. The number of hydrogen-bond acceptors (Lipinski definition) is 5. The molecular formula is C20H31N5OS. The standard InChI is InChI=1S/C20H31N5OS/c1-22-19(18-7-6-14-26-18)21-25(20(22)27)16-24-12-8-17(9-13-24)15-23-10-4-2-3-5-11-23/h6-7,14,17H,2-5,8-13,15-16H2,1H3. The third-order valence-corrected chi connectivity index (χ3v) is 6.52. The fourth-order valence-electron chi connectivity index (χ4n) is 4.38. The normalized spacial score (nSPS) is 20.8. The van der Waals surface area contributed by atoms with Gasteiger partial charge in [-0.1, -0.05) is 12.8 Å². The lowest BCUT2D eigenvalue weighted by Crippen LogP contribution is -2.40. The highest BCUT2D eigenvalue weighted by atomic mass is 32.1. The van der Waals surface area contributed by atoms with Crippen LogP contribution in [0.4, 0.5) is 0 Å². The van der Waals surface area contributed by atoms with Gasteiger partial charge in [-0.3, -0.25) is 4.90 Å². The van der Waals surface area contributed by atoms with Gasteiger partial charge >= 0.3 is 0 Å². The second-order valence-electron chi connectivity index (χ2n) is 8.06. The number of aromatic nitrogens is 3. The van der Waals surface area contributed by atoms with E-state index < -0.39 is 0 Å². The summed E-state index contributed by atoms with van der Waals surface area (Å²) in [5.41, 5.74) is 0. The van der Waals surface area contributed by atoms with Gasteiger partial charge in [0.25, 0.3) is 0 Å².